The molecule has 1 aliphatic carbocycles. The molecule has 1 aliphatic heterocycles. The lowest BCUT2D eigenvalue weighted by Crippen LogP contribution is -2.36. The Balaban J connectivity index is 0.000000162. The zero-order chi connectivity index (χ0) is 19.8. The molecule has 28 heavy (non-hydrogen) atoms. The Morgan fingerprint density at radius 1 is 0.929 bits per heavy atom. The minimum atomic E-state index is 0.125. The molecule has 0 amide bonds. The Morgan fingerprint density at radius 2 is 1.61 bits per heavy atom. The van der Waals surface area contributed by atoms with Crippen LogP contribution >= 0.6 is 0 Å². The number of para-hydroxylation sites is 1. The fourth-order valence-corrected chi connectivity index (χ4v) is 4.44. The molecule has 0 radical (unpaired) electrons. The van der Waals surface area contributed by atoms with Crippen molar-refractivity contribution < 1.29 is 14.2 Å². The van der Waals surface area contributed by atoms with Gasteiger partial charge in [0, 0.05) is 32.1 Å². The van der Waals surface area contributed by atoms with E-state index in [2.05, 4.69) is 43.3 Å². The van der Waals surface area contributed by atoms with Crippen molar-refractivity contribution in [3.8, 4) is 5.75 Å². The van der Waals surface area contributed by atoms with Crippen LogP contribution in [0.2, 0.25) is 0 Å². The average Bonchev–Trinajstić information content (AvgIpc) is 2.75. The second-order valence-electron chi connectivity index (χ2n) is 8.09. The molecular formula is C25H34O3. The summed E-state index contributed by atoms with van der Waals surface area (Å²) in [6, 6.07) is 18.8. The maximum atomic E-state index is 5.78. The molecule has 3 heteroatoms. The molecule has 0 N–H and O–H groups in total. The van der Waals surface area contributed by atoms with Crippen LogP contribution in [0.25, 0.3) is 0 Å². The third-order valence-corrected chi connectivity index (χ3v) is 6.06. The quantitative estimate of drug-likeness (QED) is 0.651. The third kappa shape index (κ3) is 5.15. The van der Waals surface area contributed by atoms with E-state index in [4.69, 9.17) is 14.2 Å². The maximum Gasteiger partial charge on any atom is 0.125 e. The van der Waals surface area contributed by atoms with E-state index in [0.29, 0.717) is 5.92 Å². The third-order valence-electron chi connectivity index (χ3n) is 6.06. The van der Waals surface area contributed by atoms with E-state index in [1.54, 1.807) is 7.11 Å². The van der Waals surface area contributed by atoms with Gasteiger partial charge >= 0.3 is 0 Å². The van der Waals surface area contributed by atoms with Gasteiger partial charge in [0.05, 0.1) is 18.3 Å². The summed E-state index contributed by atoms with van der Waals surface area (Å²) in [5.74, 6) is 1.40. The van der Waals surface area contributed by atoms with Crippen molar-refractivity contribution in [1.29, 1.82) is 0 Å². The zero-order valence-corrected chi connectivity index (χ0v) is 17.5. The molecule has 3 nitrogen and oxygen atoms in total. The van der Waals surface area contributed by atoms with Crippen molar-refractivity contribution in [2.45, 2.75) is 57.2 Å². The van der Waals surface area contributed by atoms with Crippen molar-refractivity contribution in [2.24, 2.45) is 5.92 Å². The molecule has 2 aliphatic rings. The first-order valence-corrected chi connectivity index (χ1v) is 10.5. The van der Waals surface area contributed by atoms with E-state index in [1.165, 1.54) is 43.2 Å². The number of ether oxygens (including phenoxy) is 3. The lowest BCUT2D eigenvalue weighted by molar-refractivity contribution is -0.0386. The normalized spacial score (nSPS) is 23.0. The van der Waals surface area contributed by atoms with Gasteiger partial charge in [0.25, 0.3) is 0 Å². The standard InChI is InChI=1S/C14H20O.C11H14O2/c1-15-14(10-6-3-7-11-14)12-13-8-4-2-5-9-13;1-8-7-13-10-6-4-3-5-9(10)11(8)12-2/h2,4-5,8-9H,3,6-7,10-12H2,1H3;3-6,8,11H,7H2,1-2H3. The van der Waals surface area contributed by atoms with Gasteiger partial charge in [-0.15, -0.1) is 0 Å². The predicted molar refractivity (Wildman–Crippen MR) is 114 cm³/mol. The first-order valence-electron chi connectivity index (χ1n) is 10.5. The van der Waals surface area contributed by atoms with Crippen molar-refractivity contribution in [3.05, 3.63) is 65.7 Å². The van der Waals surface area contributed by atoms with Crippen molar-refractivity contribution >= 4 is 0 Å². The van der Waals surface area contributed by atoms with Crippen LogP contribution in [0.4, 0.5) is 0 Å². The summed E-state index contributed by atoms with van der Waals surface area (Å²) in [4.78, 5) is 0. The van der Waals surface area contributed by atoms with Crippen molar-refractivity contribution in [3.63, 3.8) is 0 Å². The van der Waals surface area contributed by atoms with Crippen LogP contribution in [0.1, 0.15) is 56.3 Å². The Kier molecular flexibility index (Phi) is 7.52. The molecule has 1 saturated carbocycles. The summed E-state index contributed by atoms with van der Waals surface area (Å²) < 4.78 is 16.8. The lowest BCUT2D eigenvalue weighted by atomic mass is 9.80. The highest BCUT2D eigenvalue weighted by atomic mass is 16.5. The summed E-state index contributed by atoms with van der Waals surface area (Å²) in [5, 5.41) is 0. The van der Waals surface area contributed by atoms with E-state index < -0.39 is 0 Å². The highest BCUT2D eigenvalue weighted by molar-refractivity contribution is 5.37. The van der Waals surface area contributed by atoms with Gasteiger partial charge in [0.15, 0.2) is 0 Å². The second-order valence-corrected chi connectivity index (χ2v) is 8.09. The molecule has 0 saturated heterocycles. The molecule has 0 bridgehead atoms. The Bertz CT molecular complexity index is 707. The molecule has 4 rings (SSSR count). The van der Waals surface area contributed by atoms with Crippen LogP contribution in [-0.2, 0) is 15.9 Å². The maximum absolute atomic E-state index is 5.78. The van der Waals surface area contributed by atoms with Gasteiger partial charge in [-0.05, 0) is 24.5 Å². The molecule has 0 aromatic heterocycles. The van der Waals surface area contributed by atoms with Gasteiger partial charge in [-0.3, -0.25) is 0 Å². The van der Waals surface area contributed by atoms with Crippen LogP contribution in [0.3, 0.4) is 0 Å². The SMILES string of the molecule is COC1(Cc2ccccc2)CCCCC1.COC1c2ccccc2OCC1C. The van der Waals surface area contributed by atoms with E-state index >= 15 is 0 Å². The fourth-order valence-electron chi connectivity index (χ4n) is 4.44. The monoisotopic (exact) mass is 382 g/mol. The summed E-state index contributed by atoms with van der Waals surface area (Å²) >= 11 is 0. The topological polar surface area (TPSA) is 27.7 Å². The van der Waals surface area contributed by atoms with Gasteiger partial charge in [0.2, 0.25) is 0 Å². The van der Waals surface area contributed by atoms with Gasteiger partial charge in [0.1, 0.15) is 5.75 Å². The van der Waals surface area contributed by atoms with Crippen LogP contribution in [-0.4, -0.2) is 26.4 Å². The Morgan fingerprint density at radius 3 is 2.29 bits per heavy atom. The smallest absolute Gasteiger partial charge is 0.125 e. The number of rotatable bonds is 4. The van der Waals surface area contributed by atoms with Gasteiger partial charge < -0.3 is 14.2 Å². The molecule has 2 unspecified atom stereocenters. The Hall–Kier alpha value is -1.84. The summed E-state index contributed by atoms with van der Waals surface area (Å²) in [7, 11) is 3.62. The van der Waals surface area contributed by atoms with E-state index in [9.17, 15) is 0 Å². The summed E-state index contributed by atoms with van der Waals surface area (Å²) in [6.07, 6.45) is 7.72. The number of hydrogen-bond acceptors (Lipinski definition) is 3. The van der Waals surface area contributed by atoms with E-state index in [0.717, 1.165) is 18.8 Å². The lowest BCUT2D eigenvalue weighted by Gasteiger charge is -2.36. The highest BCUT2D eigenvalue weighted by Crippen LogP contribution is 2.37. The van der Waals surface area contributed by atoms with Crippen molar-refractivity contribution in [1.82, 2.24) is 0 Å². The largest absolute Gasteiger partial charge is 0.493 e. The number of benzene rings is 2. The van der Waals surface area contributed by atoms with Crippen LogP contribution < -0.4 is 4.74 Å². The molecule has 152 valence electrons. The summed E-state index contributed by atoms with van der Waals surface area (Å²) in [6.45, 7) is 2.89. The predicted octanol–water partition coefficient (Wildman–Crippen LogP) is 5.98. The van der Waals surface area contributed by atoms with Gasteiger partial charge in [-0.2, -0.15) is 0 Å². The first kappa shape index (κ1) is 20.9. The molecular weight excluding hydrogens is 348 g/mol. The van der Waals surface area contributed by atoms with Crippen LogP contribution in [0, 0.1) is 5.92 Å². The molecule has 2 aromatic rings. The minimum absolute atomic E-state index is 0.125. The average molecular weight is 383 g/mol. The zero-order valence-electron chi connectivity index (χ0n) is 17.5. The molecule has 2 aromatic carbocycles. The number of fused-ring (bicyclic) bond motifs is 1. The first-order chi connectivity index (χ1) is 13.7. The second kappa shape index (κ2) is 10.1. The molecule has 0 spiro atoms. The van der Waals surface area contributed by atoms with Crippen molar-refractivity contribution in [2.75, 3.05) is 20.8 Å². The molecule has 1 heterocycles. The molecule has 2 atom stereocenters. The minimum Gasteiger partial charge on any atom is -0.493 e. The van der Waals surface area contributed by atoms with E-state index in [1.807, 2.05) is 25.3 Å². The molecule has 1 fully saturated rings. The summed E-state index contributed by atoms with van der Waals surface area (Å²) in [5.41, 5.74) is 2.70. The Labute approximate surface area is 170 Å². The highest BCUT2D eigenvalue weighted by Gasteiger charge is 2.31. The number of methoxy groups -OCH3 is 2. The fraction of sp³-hybridized carbons (Fsp3) is 0.520. The van der Waals surface area contributed by atoms with E-state index in [-0.39, 0.29) is 11.7 Å². The number of hydrogen-bond donors (Lipinski definition) is 0. The van der Waals surface area contributed by atoms with Crippen LogP contribution in [0.5, 0.6) is 5.75 Å². The van der Waals surface area contributed by atoms with Gasteiger partial charge in [-0.1, -0.05) is 74.7 Å². The van der Waals surface area contributed by atoms with Gasteiger partial charge in [-0.25, -0.2) is 0 Å². The van der Waals surface area contributed by atoms with Crippen LogP contribution in [0.15, 0.2) is 54.6 Å².